The van der Waals surface area contributed by atoms with E-state index in [0.29, 0.717) is 0 Å². The van der Waals surface area contributed by atoms with Crippen LogP contribution < -0.4 is 4.90 Å². The summed E-state index contributed by atoms with van der Waals surface area (Å²) in [4.78, 5) is 17.2. The van der Waals surface area contributed by atoms with Crippen LogP contribution in [0.5, 0.6) is 0 Å². The van der Waals surface area contributed by atoms with Gasteiger partial charge in [-0.25, -0.2) is 4.79 Å². The lowest BCUT2D eigenvalue weighted by Crippen LogP contribution is -2.25. The summed E-state index contributed by atoms with van der Waals surface area (Å²) in [5.74, 6) is -0.919. The van der Waals surface area contributed by atoms with Gasteiger partial charge in [-0.1, -0.05) is 6.92 Å². The number of hydrogen-bond donors (Lipinski definition) is 1. The molecule has 0 amide bonds. The number of hydrogen-bond acceptors (Lipinski definition) is 3. The molecule has 0 unspecified atom stereocenters. The summed E-state index contributed by atoms with van der Waals surface area (Å²) in [5.41, 5.74) is 1.89. The first-order valence-corrected chi connectivity index (χ1v) is 5.55. The number of pyridine rings is 1. The Labute approximate surface area is 95.9 Å². The van der Waals surface area contributed by atoms with Crippen molar-refractivity contribution in [2.75, 3.05) is 18.0 Å². The quantitative estimate of drug-likeness (QED) is 0.830. The molecule has 0 spiro atoms. The van der Waals surface area contributed by atoms with E-state index >= 15 is 0 Å². The highest BCUT2D eigenvalue weighted by Crippen LogP contribution is 2.21. The number of carboxylic acid groups (broad SMARTS) is 1. The monoisotopic (exact) mass is 222 g/mol. The van der Waals surface area contributed by atoms with Crippen molar-refractivity contribution in [3.8, 4) is 0 Å². The van der Waals surface area contributed by atoms with Crippen LogP contribution in [0, 0.1) is 6.92 Å². The fraction of sp³-hybridized carbons (Fsp3) is 0.500. The zero-order valence-corrected chi connectivity index (χ0v) is 10.0. The van der Waals surface area contributed by atoms with E-state index in [1.165, 1.54) is 6.20 Å². The van der Waals surface area contributed by atoms with Gasteiger partial charge in [-0.15, -0.1) is 0 Å². The third kappa shape index (κ3) is 2.72. The minimum atomic E-state index is -0.919. The lowest BCUT2D eigenvalue weighted by atomic mass is 10.2. The SMILES string of the molecule is CCCN(CC)c1cc(C)ncc1C(=O)O. The molecule has 4 heteroatoms. The molecule has 0 radical (unpaired) electrons. The maximum atomic E-state index is 11.1. The first kappa shape index (κ1) is 12.5. The molecule has 1 aromatic heterocycles. The molecule has 0 saturated heterocycles. The Kier molecular flexibility index (Phi) is 4.28. The van der Waals surface area contributed by atoms with Gasteiger partial charge in [0.1, 0.15) is 5.56 Å². The Morgan fingerprint density at radius 2 is 2.19 bits per heavy atom. The molecule has 0 aliphatic rings. The lowest BCUT2D eigenvalue weighted by molar-refractivity contribution is 0.0697. The smallest absolute Gasteiger partial charge is 0.339 e. The van der Waals surface area contributed by atoms with Gasteiger partial charge in [0.2, 0.25) is 0 Å². The highest BCUT2D eigenvalue weighted by Gasteiger charge is 2.15. The van der Waals surface area contributed by atoms with Crippen LogP contribution in [0.25, 0.3) is 0 Å². The molecule has 0 aliphatic heterocycles. The highest BCUT2D eigenvalue weighted by atomic mass is 16.4. The minimum absolute atomic E-state index is 0.279. The number of aromatic carboxylic acids is 1. The van der Waals surface area contributed by atoms with Crippen molar-refractivity contribution < 1.29 is 9.90 Å². The largest absolute Gasteiger partial charge is 0.478 e. The molecule has 1 rings (SSSR count). The summed E-state index contributed by atoms with van der Waals surface area (Å²) < 4.78 is 0. The molecule has 0 aromatic carbocycles. The summed E-state index contributed by atoms with van der Waals surface area (Å²) in [5, 5.41) is 9.10. The molecular formula is C12H18N2O2. The fourth-order valence-corrected chi connectivity index (χ4v) is 1.69. The summed E-state index contributed by atoms with van der Waals surface area (Å²) >= 11 is 0. The van der Waals surface area contributed by atoms with Gasteiger partial charge >= 0.3 is 5.97 Å². The number of aryl methyl sites for hydroxylation is 1. The van der Waals surface area contributed by atoms with E-state index in [-0.39, 0.29) is 5.56 Å². The van der Waals surface area contributed by atoms with E-state index in [2.05, 4.69) is 16.8 Å². The van der Waals surface area contributed by atoms with E-state index in [1.807, 2.05) is 19.9 Å². The van der Waals surface area contributed by atoms with Gasteiger partial charge in [0.05, 0.1) is 5.69 Å². The second-order valence-electron chi connectivity index (χ2n) is 3.73. The molecule has 0 aliphatic carbocycles. The van der Waals surface area contributed by atoms with Gasteiger partial charge in [0, 0.05) is 25.0 Å². The average molecular weight is 222 g/mol. The van der Waals surface area contributed by atoms with Crippen LogP contribution in [0.1, 0.15) is 36.3 Å². The molecule has 1 N–H and O–H groups in total. The van der Waals surface area contributed by atoms with Crippen LogP contribution in [0.4, 0.5) is 5.69 Å². The summed E-state index contributed by atoms with van der Waals surface area (Å²) in [6.07, 6.45) is 2.43. The lowest BCUT2D eigenvalue weighted by Gasteiger charge is -2.24. The first-order valence-electron chi connectivity index (χ1n) is 5.55. The van der Waals surface area contributed by atoms with E-state index in [1.54, 1.807) is 0 Å². The Bertz CT molecular complexity index is 377. The van der Waals surface area contributed by atoms with Gasteiger partial charge in [0.15, 0.2) is 0 Å². The minimum Gasteiger partial charge on any atom is -0.478 e. The third-order valence-electron chi connectivity index (χ3n) is 2.47. The maximum Gasteiger partial charge on any atom is 0.339 e. The average Bonchev–Trinajstić information content (AvgIpc) is 2.25. The standard InChI is InChI=1S/C12H18N2O2/c1-4-6-14(5-2)11-7-9(3)13-8-10(11)12(15)16/h7-8H,4-6H2,1-3H3,(H,15,16). The zero-order valence-electron chi connectivity index (χ0n) is 10.0. The molecule has 0 fully saturated rings. The molecular weight excluding hydrogens is 204 g/mol. The Morgan fingerprint density at radius 1 is 1.50 bits per heavy atom. The van der Waals surface area contributed by atoms with E-state index in [0.717, 1.165) is 30.9 Å². The van der Waals surface area contributed by atoms with Crippen LogP contribution >= 0.6 is 0 Å². The van der Waals surface area contributed by atoms with Gasteiger partial charge < -0.3 is 10.0 Å². The molecule has 16 heavy (non-hydrogen) atoms. The predicted octanol–water partition coefficient (Wildman–Crippen LogP) is 2.32. The fourth-order valence-electron chi connectivity index (χ4n) is 1.69. The van der Waals surface area contributed by atoms with E-state index < -0.39 is 5.97 Å². The van der Waals surface area contributed by atoms with Gasteiger partial charge in [0.25, 0.3) is 0 Å². The maximum absolute atomic E-state index is 11.1. The molecule has 0 atom stereocenters. The molecule has 0 saturated carbocycles. The topological polar surface area (TPSA) is 53.4 Å². The Hall–Kier alpha value is -1.58. The Balaban J connectivity index is 3.16. The molecule has 0 bridgehead atoms. The normalized spacial score (nSPS) is 10.2. The van der Waals surface area contributed by atoms with Crippen LogP contribution in [0.15, 0.2) is 12.3 Å². The van der Waals surface area contributed by atoms with Crippen molar-refractivity contribution in [3.05, 3.63) is 23.5 Å². The predicted molar refractivity (Wildman–Crippen MR) is 64.1 cm³/mol. The van der Waals surface area contributed by atoms with E-state index in [4.69, 9.17) is 5.11 Å². The van der Waals surface area contributed by atoms with Crippen molar-refractivity contribution >= 4 is 11.7 Å². The number of anilines is 1. The summed E-state index contributed by atoms with van der Waals surface area (Å²) in [6, 6.07) is 1.84. The van der Waals surface area contributed by atoms with Crippen molar-refractivity contribution in [3.63, 3.8) is 0 Å². The van der Waals surface area contributed by atoms with Crippen LogP contribution in [0.2, 0.25) is 0 Å². The summed E-state index contributed by atoms with van der Waals surface area (Å²) in [6.45, 7) is 7.64. The van der Waals surface area contributed by atoms with Crippen LogP contribution in [-0.4, -0.2) is 29.1 Å². The number of nitrogens with zero attached hydrogens (tertiary/aromatic N) is 2. The van der Waals surface area contributed by atoms with Gasteiger partial charge in [-0.2, -0.15) is 0 Å². The van der Waals surface area contributed by atoms with Gasteiger partial charge in [-0.3, -0.25) is 4.98 Å². The van der Waals surface area contributed by atoms with Gasteiger partial charge in [-0.05, 0) is 26.3 Å². The molecule has 1 heterocycles. The van der Waals surface area contributed by atoms with Crippen LogP contribution in [0.3, 0.4) is 0 Å². The van der Waals surface area contributed by atoms with Crippen molar-refractivity contribution in [1.82, 2.24) is 4.98 Å². The van der Waals surface area contributed by atoms with Crippen LogP contribution in [-0.2, 0) is 0 Å². The van der Waals surface area contributed by atoms with Crippen molar-refractivity contribution in [2.24, 2.45) is 0 Å². The zero-order chi connectivity index (χ0) is 12.1. The third-order valence-corrected chi connectivity index (χ3v) is 2.47. The molecule has 88 valence electrons. The number of rotatable bonds is 5. The molecule has 1 aromatic rings. The van der Waals surface area contributed by atoms with E-state index in [9.17, 15) is 4.79 Å². The van der Waals surface area contributed by atoms with Crippen molar-refractivity contribution in [2.45, 2.75) is 27.2 Å². The first-order chi connectivity index (χ1) is 7.60. The summed E-state index contributed by atoms with van der Waals surface area (Å²) in [7, 11) is 0. The molecule has 4 nitrogen and oxygen atoms in total. The Morgan fingerprint density at radius 3 is 2.69 bits per heavy atom. The second-order valence-corrected chi connectivity index (χ2v) is 3.73. The second kappa shape index (κ2) is 5.49. The highest BCUT2D eigenvalue weighted by molar-refractivity contribution is 5.94. The van der Waals surface area contributed by atoms with Crippen molar-refractivity contribution in [1.29, 1.82) is 0 Å². The number of aromatic nitrogens is 1. The number of carbonyl (C=O) groups is 1. The number of carboxylic acids is 1.